The van der Waals surface area contributed by atoms with E-state index in [-0.39, 0.29) is 10.4 Å². The molecule has 4 heterocycles. The van der Waals surface area contributed by atoms with Gasteiger partial charge in [-0.15, -0.1) is 0 Å². The average molecular weight is 513 g/mol. The lowest BCUT2D eigenvalue weighted by Crippen LogP contribution is -2.43. The summed E-state index contributed by atoms with van der Waals surface area (Å²) in [5.41, 5.74) is 0.963. The molecule has 2 aromatic heterocycles. The second kappa shape index (κ2) is 9.27. The molecule has 3 atom stereocenters. The topological polar surface area (TPSA) is 78.2 Å². The zero-order chi connectivity index (χ0) is 24.9. The van der Waals surface area contributed by atoms with Crippen LogP contribution < -0.4 is 9.64 Å². The normalized spacial score (nSPS) is 24.6. The Morgan fingerprint density at radius 3 is 2.58 bits per heavy atom. The number of benzene rings is 1. The van der Waals surface area contributed by atoms with Gasteiger partial charge >= 0.3 is 6.01 Å². The summed E-state index contributed by atoms with van der Waals surface area (Å²) in [5.74, 6) is 3.28. The third-order valence-corrected chi connectivity index (χ3v) is 7.94. The lowest BCUT2D eigenvalue weighted by Gasteiger charge is -2.38. The highest BCUT2D eigenvalue weighted by molar-refractivity contribution is 6.30. The lowest BCUT2D eigenvalue weighted by atomic mass is 9.82. The molecule has 2 bridgehead atoms. The van der Waals surface area contributed by atoms with Crippen LogP contribution in [0.2, 0.25) is 5.02 Å². The van der Waals surface area contributed by atoms with Crippen molar-refractivity contribution in [3.63, 3.8) is 0 Å². The Hall–Kier alpha value is -2.78. The molecule has 3 aliphatic rings. The Labute approximate surface area is 214 Å². The van der Waals surface area contributed by atoms with Crippen LogP contribution in [0.5, 0.6) is 11.8 Å². The first-order valence-corrected chi connectivity index (χ1v) is 12.9. The minimum atomic E-state index is -0.453. The molecule has 1 aliphatic carbocycles. The zero-order valence-electron chi connectivity index (χ0n) is 20.5. The molecular formula is C26H30ClFN6O2. The van der Waals surface area contributed by atoms with E-state index in [0.717, 1.165) is 36.8 Å². The number of nitrogens with zero attached hydrogens (tertiary/aromatic N) is 6. The Balaban J connectivity index is 1.22. The Bertz CT molecular complexity index is 1230. The van der Waals surface area contributed by atoms with Crippen LogP contribution >= 0.6 is 11.6 Å². The third-order valence-electron chi connectivity index (χ3n) is 7.72. The van der Waals surface area contributed by atoms with Crippen LogP contribution in [0.3, 0.4) is 0 Å². The quantitative estimate of drug-likeness (QED) is 0.454. The monoisotopic (exact) mass is 512 g/mol. The van der Waals surface area contributed by atoms with Gasteiger partial charge in [0, 0.05) is 47.8 Å². The molecule has 0 amide bonds. The Kier molecular flexibility index (Phi) is 6.08. The fourth-order valence-corrected chi connectivity index (χ4v) is 6.13. The van der Waals surface area contributed by atoms with Gasteiger partial charge in [-0.25, -0.2) is 19.0 Å². The van der Waals surface area contributed by atoms with E-state index in [4.69, 9.17) is 31.2 Å². The number of ether oxygens (including phenoxy) is 2. The van der Waals surface area contributed by atoms with Crippen LogP contribution in [0.25, 0.3) is 0 Å². The van der Waals surface area contributed by atoms with Gasteiger partial charge in [-0.2, -0.15) is 10.1 Å². The minimum absolute atomic E-state index is 0.0251. The predicted molar refractivity (Wildman–Crippen MR) is 133 cm³/mol. The fourth-order valence-electron chi connectivity index (χ4n) is 5.91. The summed E-state index contributed by atoms with van der Waals surface area (Å²) in [6.07, 6.45) is 4.86. The molecule has 0 radical (unpaired) electrons. The molecule has 3 aromatic rings. The Morgan fingerprint density at radius 1 is 1.14 bits per heavy atom. The molecule has 3 fully saturated rings. The van der Waals surface area contributed by atoms with Crippen LogP contribution in [0.1, 0.15) is 31.3 Å². The summed E-state index contributed by atoms with van der Waals surface area (Å²) in [5, 5.41) is 5.14. The first-order valence-electron chi connectivity index (χ1n) is 12.5. The number of aromatic nitrogens is 5. The highest BCUT2D eigenvalue weighted by atomic mass is 35.5. The van der Waals surface area contributed by atoms with E-state index in [2.05, 4.69) is 27.9 Å². The maximum Gasteiger partial charge on any atom is 0.320 e. The SMILES string of the molecule is Cc1cc(N2C[C@H]3CC[C@@H](C2)C3Cc2nc(Oc3cc(F)cc(Cl)c3)n(CC3(C)COC3)n2)ncn1. The molecular weight excluding hydrogens is 483 g/mol. The second-order valence-corrected chi connectivity index (χ2v) is 11.3. The molecule has 1 saturated carbocycles. The smallest absolute Gasteiger partial charge is 0.320 e. The highest BCUT2D eigenvalue weighted by Gasteiger charge is 2.43. The molecule has 6 rings (SSSR count). The van der Waals surface area contributed by atoms with Crippen molar-refractivity contribution in [2.45, 2.75) is 39.7 Å². The number of rotatable bonds is 7. The Morgan fingerprint density at radius 2 is 1.92 bits per heavy atom. The van der Waals surface area contributed by atoms with Crippen molar-refractivity contribution in [1.82, 2.24) is 24.7 Å². The van der Waals surface area contributed by atoms with E-state index in [1.807, 2.05) is 6.92 Å². The summed E-state index contributed by atoms with van der Waals surface area (Å²) >= 11 is 6.04. The molecule has 10 heteroatoms. The van der Waals surface area contributed by atoms with Gasteiger partial charge in [0.2, 0.25) is 0 Å². The van der Waals surface area contributed by atoms with Gasteiger partial charge in [0.25, 0.3) is 0 Å². The van der Waals surface area contributed by atoms with Gasteiger partial charge in [-0.05, 0) is 49.7 Å². The zero-order valence-corrected chi connectivity index (χ0v) is 21.3. The van der Waals surface area contributed by atoms with Crippen LogP contribution in [-0.4, -0.2) is 51.0 Å². The van der Waals surface area contributed by atoms with Crippen molar-refractivity contribution in [1.29, 1.82) is 0 Å². The van der Waals surface area contributed by atoms with Crippen LogP contribution in [0.15, 0.2) is 30.6 Å². The van der Waals surface area contributed by atoms with Gasteiger partial charge in [0.15, 0.2) is 5.82 Å². The number of aryl methyl sites for hydroxylation is 1. The number of fused-ring (bicyclic) bond motifs is 2. The third kappa shape index (κ3) is 4.78. The lowest BCUT2D eigenvalue weighted by molar-refractivity contribution is -0.112. The van der Waals surface area contributed by atoms with Crippen LogP contribution in [0, 0.1) is 35.9 Å². The highest BCUT2D eigenvalue weighted by Crippen LogP contribution is 2.44. The molecule has 1 unspecified atom stereocenters. The van der Waals surface area contributed by atoms with E-state index >= 15 is 0 Å². The molecule has 2 aliphatic heterocycles. The standard InChI is InChI=1S/C26H30ClFN6O2/c1-16-5-24(30-15-29-16)33-10-17-3-4-18(11-33)22(17)9-23-31-25(34(32-23)12-26(2)13-35-14-26)36-21-7-19(27)6-20(28)8-21/h5-8,15,17-18,22H,3-4,9-14H2,1-2H3/t17-,18+,22?. The fraction of sp³-hybridized carbons (Fsp3) is 0.538. The van der Waals surface area contributed by atoms with Gasteiger partial charge in [-0.1, -0.05) is 18.5 Å². The van der Waals surface area contributed by atoms with Gasteiger partial charge < -0.3 is 14.4 Å². The molecule has 8 nitrogen and oxygen atoms in total. The summed E-state index contributed by atoms with van der Waals surface area (Å²) < 4.78 is 27.2. The van der Waals surface area contributed by atoms with Crippen molar-refractivity contribution in [3.05, 3.63) is 53.0 Å². The van der Waals surface area contributed by atoms with E-state index in [1.165, 1.54) is 25.0 Å². The average Bonchev–Trinajstić information content (AvgIpc) is 3.26. The van der Waals surface area contributed by atoms with Gasteiger partial charge in [0.05, 0.1) is 19.8 Å². The maximum absolute atomic E-state index is 13.9. The van der Waals surface area contributed by atoms with Crippen molar-refractivity contribution in [3.8, 4) is 11.8 Å². The van der Waals surface area contributed by atoms with Crippen molar-refractivity contribution < 1.29 is 13.9 Å². The molecule has 190 valence electrons. The summed E-state index contributed by atoms with van der Waals surface area (Å²) in [6.45, 7) is 8.08. The van der Waals surface area contributed by atoms with Gasteiger partial charge in [-0.3, -0.25) is 0 Å². The first kappa shape index (κ1) is 23.6. The largest absolute Gasteiger partial charge is 0.424 e. The summed E-state index contributed by atoms with van der Waals surface area (Å²) in [7, 11) is 0. The molecule has 1 aromatic carbocycles. The van der Waals surface area contributed by atoms with E-state index in [9.17, 15) is 4.39 Å². The second-order valence-electron chi connectivity index (χ2n) is 10.9. The molecule has 36 heavy (non-hydrogen) atoms. The number of hydrogen-bond donors (Lipinski definition) is 0. The van der Waals surface area contributed by atoms with E-state index in [1.54, 1.807) is 17.1 Å². The predicted octanol–water partition coefficient (Wildman–Crippen LogP) is 4.70. The number of piperidine rings is 1. The minimum Gasteiger partial charge on any atom is -0.424 e. The van der Waals surface area contributed by atoms with Crippen molar-refractivity contribution in [2.75, 3.05) is 31.2 Å². The molecule has 0 spiro atoms. The van der Waals surface area contributed by atoms with Gasteiger partial charge in [0.1, 0.15) is 23.7 Å². The van der Waals surface area contributed by atoms with E-state index in [0.29, 0.717) is 49.3 Å². The maximum atomic E-state index is 13.9. The number of halogens is 2. The number of anilines is 1. The van der Waals surface area contributed by atoms with E-state index < -0.39 is 5.82 Å². The number of hydrogen-bond acceptors (Lipinski definition) is 7. The summed E-state index contributed by atoms with van der Waals surface area (Å²) in [6, 6.07) is 6.57. The van der Waals surface area contributed by atoms with Crippen LogP contribution in [-0.2, 0) is 17.7 Å². The van der Waals surface area contributed by atoms with Crippen molar-refractivity contribution in [2.24, 2.45) is 23.2 Å². The molecule has 0 N–H and O–H groups in total. The summed E-state index contributed by atoms with van der Waals surface area (Å²) in [4.78, 5) is 15.9. The van der Waals surface area contributed by atoms with Crippen molar-refractivity contribution >= 4 is 17.4 Å². The van der Waals surface area contributed by atoms with Crippen LogP contribution in [0.4, 0.5) is 10.2 Å². The molecule has 2 saturated heterocycles. The first-order chi connectivity index (χ1) is 17.3.